The van der Waals surface area contributed by atoms with E-state index in [1.54, 1.807) is 47.4 Å². The second-order valence-electron chi connectivity index (χ2n) is 7.52. The number of amides is 1. The van der Waals surface area contributed by atoms with E-state index < -0.39 is 10.0 Å². The lowest BCUT2D eigenvalue weighted by atomic mass is 9.99. The van der Waals surface area contributed by atoms with Gasteiger partial charge in [0.1, 0.15) is 0 Å². The van der Waals surface area contributed by atoms with Crippen LogP contribution in [-0.4, -0.2) is 25.8 Å². The van der Waals surface area contributed by atoms with Crippen LogP contribution in [0.25, 0.3) is 10.8 Å². The fraction of sp³-hybridized carbons (Fsp3) is 0.125. The van der Waals surface area contributed by atoms with Gasteiger partial charge in [0.25, 0.3) is 15.9 Å². The lowest BCUT2D eigenvalue weighted by Gasteiger charge is -2.28. The van der Waals surface area contributed by atoms with Gasteiger partial charge in [-0.25, -0.2) is 8.42 Å². The predicted octanol–water partition coefficient (Wildman–Crippen LogP) is 4.43. The highest BCUT2D eigenvalue weighted by Gasteiger charge is 2.24. The second-order valence-corrected chi connectivity index (χ2v) is 9.17. The first-order valence-electron chi connectivity index (χ1n) is 9.96. The smallest absolute Gasteiger partial charge is 0.289 e. The molecule has 0 saturated carbocycles. The molecule has 156 valence electrons. The van der Waals surface area contributed by atoms with Gasteiger partial charge in [-0.15, -0.1) is 0 Å². The Balaban J connectivity index is 1.42. The summed E-state index contributed by atoms with van der Waals surface area (Å²) >= 11 is 0. The topological polar surface area (TPSA) is 79.6 Å². The van der Waals surface area contributed by atoms with E-state index in [1.165, 1.54) is 6.26 Å². The molecule has 1 aromatic heterocycles. The summed E-state index contributed by atoms with van der Waals surface area (Å²) in [5.74, 6) is 0.133. The first kappa shape index (κ1) is 19.4. The maximum absolute atomic E-state index is 13.1. The largest absolute Gasteiger partial charge is 0.459 e. The van der Waals surface area contributed by atoms with Crippen molar-refractivity contribution in [2.45, 2.75) is 17.9 Å². The number of hydrogen-bond donors (Lipinski definition) is 1. The van der Waals surface area contributed by atoms with Gasteiger partial charge in [0.2, 0.25) is 0 Å². The van der Waals surface area contributed by atoms with Crippen molar-refractivity contribution < 1.29 is 17.6 Å². The van der Waals surface area contributed by atoms with Crippen molar-refractivity contribution in [1.29, 1.82) is 0 Å². The summed E-state index contributed by atoms with van der Waals surface area (Å²) in [5.41, 5.74) is 2.50. The van der Waals surface area contributed by atoms with Crippen LogP contribution in [0.2, 0.25) is 0 Å². The van der Waals surface area contributed by atoms with Crippen LogP contribution in [0.3, 0.4) is 0 Å². The molecule has 2 heterocycles. The Labute approximate surface area is 180 Å². The predicted molar refractivity (Wildman–Crippen MR) is 118 cm³/mol. The highest BCUT2D eigenvalue weighted by Crippen LogP contribution is 2.28. The SMILES string of the molecule is O=C(c1ccco1)N1CCc2ccc(NS(=O)(=O)c3cccc4ccccc34)cc2C1. The number of fused-ring (bicyclic) bond motifs is 2. The monoisotopic (exact) mass is 432 g/mol. The molecule has 0 atom stereocenters. The van der Waals surface area contributed by atoms with Gasteiger partial charge in [-0.05, 0) is 53.3 Å². The van der Waals surface area contributed by atoms with E-state index in [0.29, 0.717) is 36.3 Å². The van der Waals surface area contributed by atoms with E-state index in [-0.39, 0.29) is 10.8 Å². The van der Waals surface area contributed by atoms with Crippen LogP contribution >= 0.6 is 0 Å². The quantitative estimate of drug-likeness (QED) is 0.517. The molecule has 6 nitrogen and oxygen atoms in total. The molecule has 0 spiro atoms. The molecule has 1 N–H and O–H groups in total. The summed E-state index contributed by atoms with van der Waals surface area (Å²) in [6.45, 7) is 0.992. The number of furan rings is 1. The van der Waals surface area contributed by atoms with Crippen molar-refractivity contribution in [1.82, 2.24) is 4.90 Å². The Morgan fingerprint density at radius 3 is 2.61 bits per heavy atom. The van der Waals surface area contributed by atoms with E-state index in [2.05, 4.69) is 4.72 Å². The van der Waals surface area contributed by atoms with Crippen LogP contribution < -0.4 is 4.72 Å². The minimum atomic E-state index is -3.78. The van der Waals surface area contributed by atoms with Crippen molar-refractivity contribution in [3.63, 3.8) is 0 Å². The first-order chi connectivity index (χ1) is 15.0. The number of rotatable bonds is 4. The van der Waals surface area contributed by atoms with E-state index in [9.17, 15) is 13.2 Å². The van der Waals surface area contributed by atoms with Gasteiger partial charge in [-0.2, -0.15) is 0 Å². The Morgan fingerprint density at radius 1 is 0.935 bits per heavy atom. The molecule has 7 heteroatoms. The number of benzene rings is 3. The molecule has 5 rings (SSSR count). The van der Waals surface area contributed by atoms with Gasteiger partial charge in [0.05, 0.1) is 11.2 Å². The molecule has 0 bridgehead atoms. The number of nitrogens with one attached hydrogen (secondary N) is 1. The van der Waals surface area contributed by atoms with Gasteiger partial charge in [-0.3, -0.25) is 9.52 Å². The highest BCUT2D eigenvalue weighted by atomic mass is 32.2. The van der Waals surface area contributed by atoms with Crippen LogP contribution in [0.5, 0.6) is 0 Å². The van der Waals surface area contributed by atoms with Crippen LogP contribution in [0.1, 0.15) is 21.7 Å². The van der Waals surface area contributed by atoms with Crippen LogP contribution in [0, 0.1) is 0 Å². The molecule has 0 saturated heterocycles. The van der Waals surface area contributed by atoms with Gasteiger partial charge in [-0.1, -0.05) is 42.5 Å². The molecule has 4 aromatic rings. The third-order valence-electron chi connectivity index (χ3n) is 5.53. The third-order valence-corrected chi connectivity index (χ3v) is 6.97. The van der Waals surface area contributed by atoms with Gasteiger partial charge >= 0.3 is 0 Å². The normalized spacial score (nSPS) is 13.7. The Kier molecular flexibility index (Phi) is 4.75. The van der Waals surface area contributed by atoms with E-state index in [1.807, 2.05) is 30.3 Å². The maximum atomic E-state index is 13.1. The number of carbonyl (C=O) groups is 1. The van der Waals surface area contributed by atoms with Gasteiger partial charge < -0.3 is 9.32 Å². The fourth-order valence-electron chi connectivity index (χ4n) is 3.99. The first-order valence-corrected chi connectivity index (χ1v) is 11.4. The van der Waals surface area contributed by atoms with Crippen molar-refractivity contribution in [3.8, 4) is 0 Å². The molecule has 1 aliphatic heterocycles. The summed E-state index contributed by atoms with van der Waals surface area (Å²) < 4.78 is 34.2. The number of hydrogen-bond acceptors (Lipinski definition) is 4. The lowest BCUT2D eigenvalue weighted by molar-refractivity contribution is 0.0702. The summed E-state index contributed by atoms with van der Waals surface area (Å²) in [6.07, 6.45) is 2.18. The van der Waals surface area contributed by atoms with Crippen LogP contribution in [-0.2, 0) is 23.0 Å². The van der Waals surface area contributed by atoms with Crippen LogP contribution in [0.4, 0.5) is 5.69 Å². The van der Waals surface area contributed by atoms with Crippen molar-refractivity contribution in [3.05, 3.63) is 95.9 Å². The average Bonchev–Trinajstić information content (AvgIpc) is 3.32. The zero-order chi connectivity index (χ0) is 21.4. The lowest BCUT2D eigenvalue weighted by Crippen LogP contribution is -2.35. The molecule has 0 radical (unpaired) electrons. The van der Waals surface area contributed by atoms with Crippen LogP contribution in [0.15, 0.2) is 88.4 Å². The molecule has 0 unspecified atom stereocenters. The van der Waals surface area contributed by atoms with E-state index in [4.69, 9.17) is 4.42 Å². The zero-order valence-corrected chi connectivity index (χ0v) is 17.4. The summed E-state index contributed by atoms with van der Waals surface area (Å²) in [7, 11) is -3.78. The van der Waals surface area contributed by atoms with Crippen molar-refractivity contribution in [2.24, 2.45) is 0 Å². The Hall–Kier alpha value is -3.58. The second kappa shape index (κ2) is 7.59. The zero-order valence-electron chi connectivity index (χ0n) is 16.6. The van der Waals surface area contributed by atoms with Crippen molar-refractivity contribution >= 4 is 32.4 Å². The van der Waals surface area contributed by atoms with Gasteiger partial charge in [0, 0.05) is 24.2 Å². The molecule has 1 amide bonds. The summed E-state index contributed by atoms with van der Waals surface area (Å²) in [6, 6.07) is 21.4. The Morgan fingerprint density at radius 2 is 1.77 bits per heavy atom. The Bertz CT molecular complexity index is 1370. The van der Waals surface area contributed by atoms with E-state index >= 15 is 0 Å². The number of carbonyl (C=O) groups excluding carboxylic acids is 1. The average molecular weight is 433 g/mol. The highest BCUT2D eigenvalue weighted by molar-refractivity contribution is 7.93. The fourth-order valence-corrected chi connectivity index (χ4v) is 5.27. The summed E-state index contributed by atoms with van der Waals surface area (Å²) in [4.78, 5) is 14.6. The minimum absolute atomic E-state index is 0.169. The molecular weight excluding hydrogens is 412 g/mol. The maximum Gasteiger partial charge on any atom is 0.289 e. The number of anilines is 1. The molecule has 1 aliphatic rings. The third kappa shape index (κ3) is 3.68. The standard InChI is InChI=1S/C24H20N2O4S/c27-24(22-8-4-14-30-22)26-13-12-17-10-11-20(15-19(17)16-26)25-31(28,29)23-9-3-6-18-5-1-2-7-21(18)23/h1-11,14-15,25H,12-13,16H2. The van der Waals surface area contributed by atoms with Crippen molar-refractivity contribution in [2.75, 3.05) is 11.3 Å². The molecule has 0 fully saturated rings. The molecular formula is C24H20N2O4S. The van der Waals surface area contributed by atoms with Gasteiger partial charge in [0.15, 0.2) is 5.76 Å². The number of sulfonamides is 1. The molecule has 31 heavy (non-hydrogen) atoms. The van der Waals surface area contributed by atoms with E-state index in [0.717, 1.165) is 16.5 Å². The minimum Gasteiger partial charge on any atom is -0.459 e. The molecule has 3 aromatic carbocycles. The molecule has 0 aliphatic carbocycles. The summed E-state index contributed by atoms with van der Waals surface area (Å²) in [5, 5.41) is 1.54. The number of nitrogens with zero attached hydrogens (tertiary/aromatic N) is 1.